The molecule has 5 rings (SSSR count). The molecule has 172 valence electrons. The zero-order valence-corrected chi connectivity index (χ0v) is 18.6. The van der Waals surface area contributed by atoms with Crippen molar-refractivity contribution in [3.8, 4) is 0 Å². The maximum absolute atomic E-state index is 13.8. The second-order valence-corrected chi connectivity index (χ2v) is 9.17. The summed E-state index contributed by atoms with van der Waals surface area (Å²) in [5, 5.41) is 17.6. The van der Waals surface area contributed by atoms with E-state index in [1.165, 1.54) is 41.8 Å². The molecule has 0 amide bonds. The van der Waals surface area contributed by atoms with Crippen LogP contribution in [0.3, 0.4) is 0 Å². The van der Waals surface area contributed by atoms with Gasteiger partial charge in [0.2, 0.25) is 0 Å². The van der Waals surface area contributed by atoms with Gasteiger partial charge in [-0.15, -0.1) is 11.3 Å². The summed E-state index contributed by atoms with van der Waals surface area (Å²) in [6, 6.07) is 4.62. The van der Waals surface area contributed by atoms with Gasteiger partial charge in [-0.05, 0) is 18.2 Å². The second-order valence-electron chi connectivity index (χ2n) is 7.87. The maximum Gasteiger partial charge on any atom is 0.333 e. The number of aromatic nitrogens is 3. The molecular formula is C21H18ClF3N6OS. The molecule has 0 spiro atoms. The van der Waals surface area contributed by atoms with Gasteiger partial charge >= 0.3 is 6.55 Å². The van der Waals surface area contributed by atoms with Crippen molar-refractivity contribution >= 4 is 34.3 Å². The van der Waals surface area contributed by atoms with Crippen molar-refractivity contribution in [3.05, 3.63) is 74.8 Å². The topological polar surface area (TPSA) is 92.6 Å². The highest BCUT2D eigenvalue weighted by atomic mass is 35.5. The minimum atomic E-state index is -2.82. The fourth-order valence-corrected chi connectivity index (χ4v) is 5.09. The van der Waals surface area contributed by atoms with Crippen LogP contribution in [0.5, 0.6) is 0 Å². The van der Waals surface area contributed by atoms with Crippen LogP contribution in [0.25, 0.3) is 5.57 Å². The van der Waals surface area contributed by atoms with E-state index in [-0.39, 0.29) is 30.2 Å². The van der Waals surface area contributed by atoms with Gasteiger partial charge in [0.1, 0.15) is 17.5 Å². The van der Waals surface area contributed by atoms with Crippen LogP contribution in [0, 0.1) is 5.82 Å². The number of hydrogen-bond donors (Lipinski definition) is 2. The predicted molar refractivity (Wildman–Crippen MR) is 119 cm³/mol. The first-order chi connectivity index (χ1) is 15.8. The first-order valence-electron chi connectivity index (χ1n) is 9.99. The normalized spacial score (nSPS) is 22.8. The summed E-state index contributed by atoms with van der Waals surface area (Å²) in [6.07, 6.45) is 2.96. The summed E-state index contributed by atoms with van der Waals surface area (Å²) >= 11 is 7.76. The maximum atomic E-state index is 13.8. The average Bonchev–Trinajstić information content (AvgIpc) is 3.52. The van der Waals surface area contributed by atoms with E-state index in [0.717, 1.165) is 0 Å². The molecule has 4 heterocycles. The number of thiazole rings is 1. The lowest BCUT2D eigenvalue weighted by Crippen LogP contribution is -2.42. The van der Waals surface area contributed by atoms with Gasteiger partial charge in [-0.2, -0.15) is 13.9 Å². The van der Waals surface area contributed by atoms with Crippen molar-refractivity contribution in [1.82, 2.24) is 19.7 Å². The standard InChI is InChI=1S/C21H18ClF3N6OS/c22-13-7-11(23)1-2-12(13)17-16(14-3-5-31(29-14)20(24)25)15-8-21(32,9-26)10-30(15)18(28-17)19-27-4-6-33-19/h1-7,17,20,32H,8-10,26H2/t17-,21-/m0/s1. The monoisotopic (exact) mass is 494 g/mol. The third-order valence-corrected chi connectivity index (χ3v) is 6.81. The molecule has 3 aromatic rings. The van der Waals surface area contributed by atoms with Gasteiger partial charge in [-0.1, -0.05) is 17.7 Å². The molecule has 0 bridgehead atoms. The van der Waals surface area contributed by atoms with E-state index in [9.17, 15) is 18.3 Å². The number of hydrogen-bond acceptors (Lipinski definition) is 7. The number of amidine groups is 1. The molecule has 3 N–H and O–H groups in total. The lowest BCUT2D eigenvalue weighted by molar-refractivity contribution is 0.0564. The molecule has 2 aliphatic heterocycles. The van der Waals surface area contributed by atoms with Crippen molar-refractivity contribution in [2.75, 3.05) is 13.1 Å². The summed E-state index contributed by atoms with van der Waals surface area (Å²) in [5.74, 6) is -0.0216. The molecule has 0 radical (unpaired) electrons. The number of alkyl halides is 2. The van der Waals surface area contributed by atoms with Crippen LogP contribution in [-0.4, -0.2) is 49.3 Å². The highest BCUT2D eigenvalue weighted by molar-refractivity contribution is 7.11. The molecular weight excluding hydrogens is 477 g/mol. The molecule has 1 aromatic carbocycles. The Balaban J connectivity index is 1.76. The van der Waals surface area contributed by atoms with E-state index >= 15 is 0 Å². The Hall–Kier alpha value is -2.73. The first kappa shape index (κ1) is 22.1. The molecule has 0 saturated carbocycles. The van der Waals surface area contributed by atoms with Gasteiger partial charge in [-0.25, -0.2) is 14.1 Å². The smallest absolute Gasteiger partial charge is 0.333 e. The average molecular weight is 495 g/mol. The zero-order chi connectivity index (χ0) is 23.3. The van der Waals surface area contributed by atoms with Crippen molar-refractivity contribution in [3.63, 3.8) is 0 Å². The Morgan fingerprint density at radius 2 is 2.15 bits per heavy atom. The quantitative estimate of drug-likeness (QED) is 0.562. The van der Waals surface area contributed by atoms with Crippen LogP contribution < -0.4 is 5.73 Å². The zero-order valence-electron chi connectivity index (χ0n) is 17.0. The number of benzene rings is 1. The van der Waals surface area contributed by atoms with E-state index in [2.05, 4.69) is 10.1 Å². The fourth-order valence-electron chi connectivity index (χ4n) is 4.18. The summed E-state index contributed by atoms with van der Waals surface area (Å²) in [4.78, 5) is 11.0. The van der Waals surface area contributed by atoms with E-state index in [0.29, 0.717) is 32.4 Å². The summed E-state index contributed by atoms with van der Waals surface area (Å²) in [7, 11) is 0. The van der Waals surface area contributed by atoms with Gasteiger partial charge < -0.3 is 15.7 Å². The third-order valence-electron chi connectivity index (χ3n) is 5.71. The van der Waals surface area contributed by atoms with Gasteiger partial charge in [0.05, 0.1) is 12.2 Å². The van der Waals surface area contributed by atoms with Crippen LogP contribution in [0.15, 0.2) is 52.7 Å². The lowest BCUT2D eigenvalue weighted by Gasteiger charge is -2.32. The van der Waals surface area contributed by atoms with E-state index < -0.39 is 24.0 Å². The fraction of sp³-hybridized carbons (Fsp3) is 0.286. The van der Waals surface area contributed by atoms with Gasteiger partial charge in [-0.3, -0.25) is 4.99 Å². The Kier molecular flexibility index (Phi) is 5.52. The van der Waals surface area contributed by atoms with Crippen LogP contribution in [0.4, 0.5) is 13.2 Å². The first-order valence-corrected chi connectivity index (χ1v) is 11.2. The Morgan fingerprint density at radius 3 is 2.79 bits per heavy atom. The van der Waals surface area contributed by atoms with Crippen LogP contribution >= 0.6 is 22.9 Å². The second kappa shape index (κ2) is 8.24. The van der Waals surface area contributed by atoms with E-state index in [1.54, 1.807) is 16.5 Å². The van der Waals surface area contributed by atoms with Crippen LogP contribution in [0.2, 0.25) is 5.02 Å². The van der Waals surface area contributed by atoms with Gasteiger partial charge in [0.25, 0.3) is 0 Å². The molecule has 12 heteroatoms. The van der Waals surface area contributed by atoms with Crippen molar-refractivity contribution in [2.45, 2.75) is 24.6 Å². The molecule has 0 aliphatic carbocycles. The number of nitrogens with zero attached hydrogens (tertiary/aromatic N) is 5. The Morgan fingerprint density at radius 1 is 1.33 bits per heavy atom. The highest BCUT2D eigenvalue weighted by Crippen LogP contribution is 2.47. The SMILES string of the molecule is NC[C@@]1(O)CC2=C(c3ccn(C(F)F)n3)[C@H](c3ccc(F)cc3Cl)N=C(c3nccs3)N2C1. The minimum absolute atomic E-state index is 0.0150. The molecule has 2 aromatic heterocycles. The largest absolute Gasteiger partial charge is 0.386 e. The van der Waals surface area contributed by atoms with Crippen molar-refractivity contribution in [2.24, 2.45) is 10.7 Å². The molecule has 7 nitrogen and oxygen atoms in total. The highest BCUT2D eigenvalue weighted by Gasteiger charge is 2.46. The molecule has 0 unspecified atom stereocenters. The summed E-state index contributed by atoms with van der Waals surface area (Å²) in [5.41, 5.74) is 6.46. The molecule has 1 fully saturated rings. The van der Waals surface area contributed by atoms with Gasteiger partial charge in [0.15, 0.2) is 10.8 Å². The Bertz CT molecular complexity index is 1260. The van der Waals surface area contributed by atoms with Crippen molar-refractivity contribution < 1.29 is 18.3 Å². The predicted octanol–water partition coefficient (Wildman–Crippen LogP) is 3.84. The minimum Gasteiger partial charge on any atom is -0.386 e. The number of halogens is 4. The molecule has 2 aliphatic rings. The summed E-state index contributed by atoms with van der Waals surface area (Å²) in [6.45, 7) is -2.69. The molecule has 2 atom stereocenters. The number of nitrogens with two attached hydrogens (primary N) is 1. The molecule has 1 saturated heterocycles. The lowest BCUT2D eigenvalue weighted by atomic mass is 9.91. The van der Waals surface area contributed by atoms with E-state index in [4.69, 9.17) is 22.3 Å². The summed E-state index contributed by atoms with van der Waals surface area (Å²) < 4.78 is 40.9. The van der Waals surface area contributed by atoms with Gasteiger partial charge in [0, 0.05) is 52.6 Å². The number of rotatable bonds is 5. The number of fused-ring (bicyclic) bond motifs is 1. The van der Waals surface area contributed by atoms with Crippen LogP contribution in [-0.2, 0) is 0 Å². The van der Waals surface area contributed by atoms with Crippen molar-refractivity contribution in [1.29, 1.82) is 0 Å². The van der Waals surface area contributed by atoms with Crippen LogP contribution in [0.1, 0.15) is 35.3 Å². The Labute approximate surface area is 195 Å². The number of aliphatic imine (C=N–C) groups is 1. The molecule has 33 heavy (non-hydrogen) atoms. The number of aliphatic hydroxyl groups is 1. The van der Waals surface area contributed by atoms with E-state index in [1.807, 2.05) is 0 Å². The third kappa shape index (κ3) is 3.84.